The molecule has 0 fully saturated rings. The molecule has 1 N–H and O–H groups in total. The van der Waals surface area contributed by atoms with Crippen molar-refractivity contribution in [2.45, 2.75) is 24.4 Å². The van der Waals surface area contributed by atoms with Crippen LogP contribution in [0.5, 0.6) is 0 Å². The summed E-state index contributed by atoms with van der Waals surface area (Å²) in [6.45, 7) is 1.92. The maximum absolute atomic E-state index is 13.4. The van der Waals surface area contributed by atoms with Crippen molar-refractivity contribution < 1.29 is 31.1 Å². The zero-order valence-electron chi connectivity index (χ0n) is 17.1. The van der Waals surface area contributed by atoms with Crippen LogP contribution in [-0.2, 0) is 39.2 Å². The predicted octanol–water partition coefficient (Wildman–Crippen LogP) is 3.46. The molecule has 0 saturated carbocycles. The second-order valence-corrected chi connectivity index (χ2v) is 8.60. The molecule has 170 valence electrons. The Morgan fingerprint density at radius 3 is 2.34 bits per heavy atom. The Hall–Kier alpha value is -3.34. The topological polar surface area (TPSA) is 94.5 Å². The maximum atomic E-state index is 13.4. The Morgan fingerprint density at radius 2 is 1.75 bits per heavy atom. The van der Waals surface area contributed by atoms with E-state index in [-0.39, 0.29) is 24.2 Å². The number of esters is 1. The number of nitrogens with one attached hydrogen (secondary N) is 1. The third-order valence-corrected chi connectivity index (χ3v) is 6.07. The second-order valence-electron chi connectivity index (χ2n) is 6.92. The molecule has 7 nitrogen and oxygen atoms in total. The van der Waals surface area contributed by atoms with E-state index >= 15 is 0 Å². The summed E-state index contributed by atoms with van der Waals surface area (Å²) < 4.78 is 74.0. The van der Waals surface area contributed by atoms with E-state index in [2.05, 4.69) is 4.72 Å². The summed E-state index contributed by atoms with van der Waals surface area (Å²) >= 11 is 0. The number of carbonyl (C=O) groups is 1. The van der Waals surface area contributed by atoms with Crippen molar-refractivity contribution >= 4 is 32.6 Å². The van der Waals surface area contributed by atoms with Crippen LogP contribution < -0.4 is 10.3 Å². The van der Waals surface area contributed by atoms with E-state index < -0.39 is 43.6 Å². The standard InChI is InChI=1S/C21H19F3N2O5S/c1-3-31-20(28)10-13-4-6-14(7-5-13)25-32(29,30)15-8-9-18-16(11-15)17(21(22,23)24)12-19(27)26(18)2/h4-9,11-12,25H,3,10H2,1-2H3. The van der Waals surface area contributed by atoms with Crippen molar-refractivity contribution in [3.8, 4) is 0 Å². The lowest BCUT2D eigenvalue weighted by Gasteiger charge is -2.15. The minimum absolute atomic E-state index is 0.0183. The van der Waals surface area contributed by atoms with Gasteiger partial charge in [0.2, 0.25) is 0 Å². The van der Waals surface area contributed by atoms with Crippen LogP contribution in [-0.4, -0.2) is 25.6 Å². The lowest BCUT2D eigenvalue weighted by molar-refractivity contribution is -0.142. The number of aromatic nitrogens is 1. The fourth-order valence-corrected chi connectivity index (χ4v) is 4.21. The molecular weight excluding hydrogens is 449 g/mol. The zero-order chi connectivity index (χ0) is 23.7. The van der Waals surface area contributed by atoms with Crippen LogP contribution in [0.15, 0.2) is 58.2 Å². The van der Waals surface area contributed by atoms with E-state index in [0.29, 0.717) is 11.6 Å². The highest BCUT2D eigenvalue weighted by atomic mass is 32.2. The first-order chi connectivity index (χ1) is 14.9. The van der Waals surface area contributed by atoms with Gasteiger partial charge in [0.25, 0.3) is 15.6 Å². The summed E-state index contributed by atoms with van der Waals surface area (Å²) in [7, 11) is -2.93. The number of benzene rings is 2. The number of hydrogen-bond donors (Lipinski definition) is 1. The molecule has 0 bridgehead atoms. The van der Waals surface area contributed by atoms with Crippen LogP contribution in [0.1, 0.15) is 18.1 Å². The first kappa shape index (κ1) is 23.3. The molecular formula is C21H19F3N2O5S. The van der Waals surface area contributed by atoms with Crippen molar-refractivity contribution in [2.75, 3.05) is 11.3 Å². The molecule has 0 aliphatic rings. The number of rotatable bonds is 6. The number of carbonyl (C=O) groups excluding carboxylic acids is 1. The lowest BCUT2D eigenvalue weighted by atomic mass is 10.1. The van der Waals surface area contributed by atoms with Crippen LogP contribution in [0.2, 0.25) is 0 Å². The molecule has 1 heterocycles. The number of hydrogen-bond acceptors (Lipinski definition) is 5. The summed E-state index contributed by atoms with van der Waals surface area (Å²) in [5.74, 6) is -0.424. The number of sulfonamides is 1. The summed E-state index contributed by atoms with van der Waals surface area (Å²) in [5, 5.41) is -0.410. The smallest absolute Gasteiger partial charge is 0.417 e. The van der Waals surface area contributed by atoms with Crippen LogP contribution in [0, 0.1) is 0 Å². The normalized spacial score (nSPS) is 12.0. The third-order valence-electron chi connectivity index (χ3n) is 4.69. The van der Waals surface area contributed by atoms with E-state index in [0.717, 1.165) is 22.8 Å². The number of nitrogens with zero attached hydrogens (tertiary/aromatic N) is 1. The van der Waals surface area contributed by atoms with Crippen molar-refractivity contribution in [1.82, 2.24) is 4.57 Å². The number of ether oxygens (including phenoxy) is 1. The van der Waals surface area contributed by atoms with Gasteiger partial charge in [0.15, 0.2) is 0 Å². The number of anilines is 1. The Morgan fingerprint density at radius 1 is 1.09 bits per heavy atom. The second kappa shape index (κ2) is 8.65. The van der Waals surface area contributed by atoms with Gasteiger partial charge in [-0.25, -0.2) is 8.42 Å². The Labute approximate surface area is 181 Å². The van der Waals surface area contributed by atoms with E-state index in [9.17, 15) is 31.2 Å². The predicted molar refractivity (Wildman–Crippen MR) is 112 cm³/mol. The first-order valence-electron chi connectivity index (χ1n) is 9.40. The molecule has 1 aromatic heterocycles. The number of pyridine rings is 1. The maximum Gasteiger partial charge on any atom is 0.417 e. The van der Waals surface area contributed by atoms with Crippen LogP contribution in [0.4, 0.5) is 18.9 Å². The quantitative estimate of drug-likeness (QED) is 0.559. The monoisotopic (exact) mass is 468 g/mol. The van der Waals surface area contributed by atoms with Gasteiger partial charge in [-0.1, -0.05) is 12.1 Å². The van der Waals surface area contributed by atoms with Gasteiger partial charge in [-0.05, 0) is 42.8 Å². The van der Waals surface area contributed by atoms with E-state index in [4.69, 9.17) is 4.74 Å². The van der Waals surface area contributed by atoms with Gasteiger partial charge in [-0.15, -0.1) is 0 Å². The average Bonchev–Trinajstić information content (AvgIpc) is 2.71. The largest absolute Gasteiger partial charge is 0.466 e. The molecule has 0 spiro atoms. The molecule has 3 aromatic rings. The minimum Gasteiger partial charge on any atom is -0.466 e. The third kappa shape index (κ3) is 4.93. The molecule has 3 rings (SSSR count). The SMILES string of the molecule is CCOC(=O)Cc1ccc(NS(=O)(=O)c2ccc3c(c2)c(C(F)(F)F)cc(=O)n3C)cc1. The molecule has 2 aromatic carbocycles. The average molecular weight is 468 g/mol. The van der Waals surface area contributed by atoms with Gasteiger partial charge in [-0.3, -0.25) is 14.3 Å². The van der Waals surface area contributed by atoms with E-state index in [1.54, 1.807) is 6.92 Å². The summed E-state index contributed by atoms with van der Waals surface area (Å²) in [6.07, 6.45) is -4.82. The van der Waals surface area contributed by atoms with Crippen LogP contribution >= 0.6 is 0 Å². The molecule has 0 atom stereocenters. The van der Waals surface area contributed by atoms with Crippen LogP contribution in [0.25, 0.3) is 10.9 Å². The molecule has 0 radical (unpaired) electrons. The summed E-state index contributed by atoms with van der Waals surface area (Å²) in [5.41, 5.74) is -1.36. The fraction of sp³-hybridized carbons (Fsp3) is 0.238. The molecule has 0 saturated heterocycles. The van der Waals surface area contributed by atoms with E-state index in [1.165, 1.54) is 31.3 Å². The van der Waals surface area contributed by atoms with Crippen molar-refractivity contribution in [2.24, 2.45) is 7.05 Å². The Kier molecular flexibility index (Phi) is 6.31. The molecule has 0 amide bonds. The highest BCUT2D eigenvalue weighted by molar-refractivity contribution is 7.92. The van der Waals surface area contributed by atoms with E-state index in [1.807, 2.05) is 0 Å². The van der Waals surface area contributed by atoms with Crippen LogP contribution in [0.3, 0.4) is 0 Å². The van der Waals surface area contributed by atoms with Crippen molar-refractivity contribution in [3.05, 3.63) is 70.0 Å². The van der Waals surface area contributed by atoms with Gasteiger partial charge in [0.1, 0.15) is 0 Å². The fourth-order valence-electron chi connectivity index (χ4n) is 3.13. The molecule has 0 aliphatic carbocycles. The highest BCUT2D eigenvalue weighted by Gasteiger charge is 2.34. The van der Waals surface area contributed by atoms with Gasteiger partial charge < -0.3 is 9.30 Å². The molecule has 32 heavy (non-hydrogen) atoms. The highest BCUT2D eigenvalue weighted by Crippen LogP contribution is 2.34. The molecule has 0 aliphatic heterocycles. The lowest BCUT2D eigenvalue weighted by Crippen LogP contribution is -2.21. The number of fused-ring (bicyclic) bond motifs is 1. The number of alkyl halides is 3. The van der Waals surface area contributed by atoms with Crippen molar-refractivity contribution in [1.29, 1.82) is 0 Å². The molecule has 0 unspecified atom stereocenters. The zero-order valence-corrected chi connectivity index (χ0v) is 17.9. The minimum atomic E-state index is -4.84. The first-order valence-corrected chi connectivity index (χ1v) is 10.9. The van der Waals surface area contributed by atoms with Gasteiger partial charge >= 0.3 is 12.1 Å². The Bertz CT molecular complexity index is 1330. The Balaban J connectivity index is 1.95. The molecule has 11 heteroatoms. The number of aryl methyl sites for hydroxylation is 1. The summed E-state index contributed by atoms with van der Waals surface area (Å²) in [4.78, 5) is 23.0. The van der Waals surface area contributed by atoms with Gasteiger partial charge in [-0.2, -0.15) is 13.2 Å². The van der Waals surface area contributed by atoms with Gasteiger partial charge in [0.05, 0.1) is 29.0 Å². The number of halogens is 3. The van der Waals surface area contributed by atoms with Crippen molar-refractivity contribution in [3.63, 3.8) is 0 Å². The van der Waals surface area contributed by atoms with Gasteiger partial charge in [0, 0.05) is 24.2 Å². The summed E-state index contributed by atoms with van der Waals surface area (Å²) in [6, 6.07) is 9.53.